The molecule has 6 rings (SSSR count). The number of halogens is 4. The standard InChI is InChI=1S/C31H29ClF3N3O2/c1-2-26-29(38-17-23(32)8-14-28(38)36-26)27(39)13-5-20-3-6-21(7-4-20)22-15-30(16-22)18-37(19-30)24-9-11-25(12-10-24)40-31(33,34)35/h3-4,6-12,14,17,22H,2,5,13,15-16,18-19H2,1H3. The summed E-state index contributed by atoms with van der Waals surface area (Å²) in [4.78, 5) is 20.0. The molecule has 2 aromatic heterocycles. The van der Waals surface area contributed by atoms with Crippen molar-refractivity contribution in [1.29, 1.82) is 0 Å². The van der Waals surface area contributed by atoms with Crippen LogP contribution < -0.4 is 9.64 Å². The first-order valence-electron chi connectivity index (χ1n) is 13.5. The Kier molecular flexibility index (Phi) is 6.77. The molecule has 0 unspecified atom stereocenters. The number of fused-ring (bicyclic) bond motifs is 1. The first-order valence-corrected chi connectivity index (χ1v) is 13.9. The number of imidazole rings is 1. The first kappa shape index (κ1) is 26.7. The second-order valence-electron chi connectivity index (χ2n) is 11.0. The molecule has 5 nitrogen and oxygen atoms in total. The molecule has 0 bridgehead atoms. The third-order valence-electron chi connectivity index (χ3n) is 8.19. The Hall–Kier alpha value is -3.52. The molecule has 9 heteroatoms. The van der Waals surface area contributed by atoms with Crippen LogP contribution in [0.4, 0.5) is 18.9 Å². The fourth-order valence-corrected chi connectivity index (χ4v) is 6.39. The normalized spacial score (nSPS) is 16.7. The number of rotatable bonds is 8. The van der Waals surface area contributed by atoms with Crippen molar-refractivity contribution in [3.8, 4) is 5.75 Å². The van der Waals surface area contributed by atoms with Crippen LogP contribution in [0.2, 0.25) is 5.02 Å². The maximum atomic E-state index is 13.2. The number of aromatic nitrogens is 2. The number of alkyl halides is 3. The van der Waals surface area contributed by atoms with Gasteiger partial charge < -0.3 is 9.64 Å². The van der Waals surface area contributed by atoms with Gasteiger partial charge in [-0.3, -0.25) is 9.20 Å². The average molecular weight is 568 g/mol. The van der Waals surface area contributed by atoms with E-state index in [2.05, 4.69) is 38.9 Å². The summed E-state index contributed by atoms with van der Waals surface area (Å²) in [5.41, 5.74) is 5.79. The molecule has 0 radical (unpaired) electrons. The van der Waals surface area contributed by atoms with E-state index >= 15 is 0 Å². The monoisotopic (exact) mass is 567 g/mol. The van der Waals surface area contributed by atoms with Gasteiger partial charge in [0, 0.05) is 36.8 Å². The second-order valence-corrected chi connectivity index (χ2v) is 11.4. The predicted molar refractivity (Wildman–Crippen MR) is 148 cm³/mol. The summed E-state index contributed by atoms with van der Waals surface area (Å²) in [6.45, 7) is 3.83. The molecule has 4 aromatic rings. The Morgan fingerprint density at radius 1 is 1.05 bits per heavy atom. The Morgan fingerprint density at radius 3 is 2.40 bits per heavy atom. The Morgan fingerprint density at radius 2 is 1.75 bits per heavy atom. The number of Topliss-reactive ketones (excluding diaryl/α,β-unsaturated/α-hetero) is 1. The van der Waals surface area contributed by atoms with Gasteiger partial charge in [0.2, 0.25) is 0 Å². The van der Waals surface area contributed by atoms with Crippen LogP contribution in [0.5, 0.6) is 5.75 Å². The molecule has 1 saturated heterocycles. The summed E-state index contributed by atoms with van der Waals surface area (Å²) in [6.07, 6.45) is 1.02. The highest BCUT2D eigenvalue weighted by molar-refractivity contribution is 6.30. The molecule has 0 amide bonds. The quantitative estimate of drug-likeness (QED) is 0.205. The molecule has 2 fully saturated rings. The number of aryl methyl sites for hydroxylation is 2. The number of ether oxygens (including phenoxy) is 1. The van der Waals surface area contributed by atoms with E-state index in [9.17, 15) is 18.0 Å². The van der Waals surface area contributed by atoms with Crippen LogP contribution >= 0.6 is 11.6 Å². The number of carbonyl (C=O) groups excluding carboxylic acids is 1. The number of anilines is 1. The van der Waals surface area contributed by atoms with Gasteiger partial charge in [0.15, 0.2) is 5.78 Å². The Balaban J connectivity index is 1.01. The van der Waals surface area contributed by atoms with Gasteiger partial charge in [-0.05, 0) is 79.1 Å². The van der Waals surface area contributed by atoms with Gasteiger partial charge in [0.1, 0.15) is 17.1 Å². The van der Waals surface area contributed by atoms with E-state index in [1.807, 2.05) is 13.0 Å². The zero-order chi connectivity index (χ0) is 28.1. The van der Waals surface area contributed by atoms with Crippen molar-refractivity contribution in [1.82, 2.24) is 9.38 Å². The van der Waals surface area contributed by atoms with Crippen LogP contribution in [0.3, 0.4) is 0 Å². The molecular weight excluding hydrogens is 539 g/mol. The van der Waals surface area contributed by atoms with Gasteiger partial charge in [-0.1, -0.05) is 42.8 Å². The number of hydrogen-bond acceptors (Lipinski definition) is 4. The minimum atomic E-state index is -4.68. The molecule has 0 N–H and O–H groups in total. The van der Waals surface area contributed by atoms with Gasteiger partial charge in [-0.15, -0.1) is 13.2 Å². The van der Waals surface area contributed by atoms with Crippen LogP contribution in [0.15, 0.2) is 66.9 Å². The van der Waals surface area contributed by atoms with Crippen LogP contribution in [0, 0.1) is 5.41 Å². The van der Waals surface area contributed by atoms with Crippen molar-refractivity contribution in [2.45, 2.75) is 51.3 Å². The molecule has 1 aliphatic carbocycles. The van der Waals surface area contributed by atoms with Crippen LogP contribution in [-0.2, 0) is 12.8 Å². The molecule has 208 valence electrons. The van der Waals surface area contributed by atoms with E-state index in [0.717, 1.165) is 48.5 Å². The lowest BCUT2D eigenvalue weighted by atomic mass is 9.56. The van der Waals surface area contributed by atoms with Crippen LogP contribution in [0.25, 0.3) is 5.65 Å². The van der Waals surface area contributed by atoms with Gasteiger partial charge in [-0.2, -0.15) is 0 Å². The number of benzene rings is 2. The van der Waals surface area contributed by atoms with Crippen molar-refractivity contribution in [2.24, 2.45) is 5.41 Å². The minimum Gasteiger partial charge on any atom is -0.406 e. The van der Waals surface area contributed by atoms with Crippen molar-refractivity contribution < 1.29 is 22.7 Å². The molecule has 1 aliphatic heterocycles. The molecular formula is C31H29ClF3N3O2. The van der Waals surface area contributed by atoms with Gasteiger partial charge >= 0.3 is 6.36 Å². The third kappa shape index (κ3) is 5.29. The van der Waals surface area contributed by atoms with Crippen molar-refractivity contribution >= 4 is 28.7 Å². The minimum absolute atomic E-state index is 0.0636. The molecule has 2 aromatic carbocycles. The van der Waals surface area contributed by atoms with Crippen molar-refractivity contribution in [2.75, 3.05) is 18.0 Å². The highest BCUT2D eigenvalue weighted by atomic mass is 35.5. The topological polar surface area (TPSA) is 46.8 Å². The lowest BCUT2D eigenvalue weighted by molar-refractivity contribution is -0.274. The molecule has 2 aliphatic rings. The number of ketones is 1. The predicted octanol–water partition coefficient (Wildman–Crippen LogP) is 7.65. The van der Waals surface area contributed by atoms with Crippen LogP contribution in [0.1, 0.15) is 59.4 Å². The SMILES string of the molecule is CCc1nc2ccc(Cl)cn2c1C(=O)CCc1ccc(C2CC3(C2)CN(c2ccc(OC(F)(F)F)cc2)C3)cc1. The number of nitrogens with zero attached hydrogens (tertiary/aromatic N) is 3. The van der Waals surface area contributed by atoms with E-state index in [0.29, 0.717) is 35.9 Å². The van der Waals surface area contributed by atoms with E-state index in [4.69, 9.17) is 11.6 Å². The average Bonchev–Trinajstić information content (AvgIpc) is 3.24. The van der Waals surface area contributed by atoms with E-state index in [1.165, 1.54) is 17.7 Å². The van der Waals surface area contributed by atoms with E-state index in [1.54, 1.807) is 28.8 Å². The fourth-order valence-electron chi connectivity index (χ4n) is 6.23. The third-order valence-corrected chi connectivity index (χ3v) is 8.42. The number of pyridine rings is 1. The number of hydrogen-bond donors (Lipinski definition) is 0. The van der Waals surface area contributed by atoms with Gasteiger partial charge in [0.25, 0.3) is 0 Å². The summed E-state index contributed by atoms with van der Waals surface area (Å²) in [5.74, 6) is 0.373. The second kappa shape index (κ2) is 10.1. The zero-order valence-electron chi connectivity index (χ0n) is 22.0. The molecule has 1 saturated carbocycles. The van der Waals surface area contributed by atoms with Crippen LogP contribution in [-0.4, -0.2) is 34.6 Å². The first-order chi connectivity index (χ1) is 19.1. The fraction of sp³-hybridized carbons (Fsp3) is 0.355. The lowest BCUT2D eigenvalue weighted by Crippen LogP contribution is -2.61. The summed E-state index contributed by atoms with van der Waals surface area (Å²) in [6, 6.07) is 18.3. The largest absolute Gasteiger partial charge is 0.573 e. The Labute approximate surface area is 235 Å². The summed E-state index contributed by atoms with van der Waals surface area (Å²) in [7, 11) is 0. The number of carbonyl (C=O) groups is 1. The smallest absolute Gasteiger partial charge is 0.406 e. The van der Waals surface area contributed by atoms with Gasteiger partial charge in [0.05, 0.1) is 10.7 Å². The van der Waals surface area contributed by atoms with Gasteiger partial charge in [-0.25, -0.2) is 4.98 Å². The lowest BCUT2D eigenvalue weighted by Gasteiger charge is -2.60. The molecule has 1 spiro atoms. The van der Waals surface area contributed by atoms with E-state index in [-0.39, 0.29) is 16.9 Å². The molecule has 40 heavy (non-hydrogen) atoms. The highest BCUT2D eigenvalue weighted by Crippen LogP contribution is 2.56. The Bertz CT molecular complexity index is 1530. The summed E-state index contributed by atoms with van der Waals surface area (Å²) in [5, 5.41) is 0.568. The summed E-state index contributed by atoms with van der Waals surface area (Å²) >= 11 is 6.17. The zero-order valence-corrected chi connectivity index (χ0v) is 22.8. The highest BCUT2D eigenvalue weighted by Gasteiger charge is 2.52. The van der Waals surface area contributed by atoms with E-state index < -0.39 is 6.36 Å². The molecule has 0 atom stereocenters. The molecule has 3 heterocycles. The van der Waals surface area contributed by atoms with Crippen molar-refractivity contribution in [3.63, 3.8) is 0 Å². The maximum absolute atomic E-state index is 13.2. The summed E-state index contributed by atoms with van der Waals surface area (Å²) < 4.78 is 42.9. The van der Waals surface area contributed by atoms with Crippen molar-refractivity contribution in [3.05, 3.63) is 94.4 Å². The maximum Gasteiger partial charge on any atom is 0.573 e.